The standard InChI is InChI=1S/C17H18BrN3O2S/c1-8-5-9(18)6-11(14(8)22)15-19-16(23)13-10-3-4-21(2)7-12(10)24-17(13)20-15/h5-6,15,20,22H,3-4,7H2,1-2H3,(H,19,23)/p+1/t15-/m0/s1. The molecule has 7 heteroatoms. The van der Waals surface area contributed by atoms with Crippen molar-refractivity contribution in [2.45, 2.75) is 26.1 Å². The van der Waals surface area contributed by atoms with Gasteiger partial charge >= 0.3 is 0 Å². The van der Waals surface area contributed by atoms with Gasteiger partial charge in [-0.3, -0.25) is 4.79 Å². The molecule has 0 radical (unpaired) electrons. The number of nitrogens with one attached hydrogen (secondary N) is 3. The predicted molar refractivity (Wildman–Crippen MR) is 97.9 cm³/mol. The Morgan fingerprint density at radius 1 is 1.38 bits per heavy atom. The first-order valence-corrected chi connectivity index (χ1v) is 9.57. The van der Waals surface area contributed by atoms with Crippen LogP contribution in [-0.4, -0.2) is 24.6 Å². The number of aryl methyl sites for hydroxylation is 1. The van der Waals surface area contributed by atoms with E-state index in [1.54, 1.807) is 11.3 Å². The van der Waals surface area contributed by atoms with Gasteiger partial charge in [0.25, 0.3) is 5.91 Å². The van der Waals surface area contributed by atoms with Gasteiger partial charge in [0.05, 0.1) is 24.0 Å². The van der Waals surface area contributed by atoms with Gasteiger partial charge in [0.15, 0.2) is 0 Å². The summed E-state index contributed by atoms with van der Waals surface area (Å²) in [5, 5.41) is 17.7. The summed E-state index contributed by atoms with van der Waals surface area (Å²) in [6.45, 7) is 3.87. The van der Waals surface area contributed by atoms with Crippen molar-refractivity contribution >= 4 is 38.2 Å². The maximum atomic E-state index is 12.7. The number of amides is 1. The van der Waals surface area contributed by atoms with E-state index in [1.807, 2.05) is 19.1 Å². The van der Waals surface area contributed by atoms with Crippen molar-refractivity contribution in [2.75, 3.05) is 18.9 Å². The van der Waals surface area contributed by atoms with E-state index in [2.05, 4.69) is 33.6 Å². The smallest absolute Gasteiger partial charge is 0.256 e. The number of phenolic OH excluding ortho intramolecular Hbond substituents is 1. The van der Waals surface area contributed by atoms with E-state index in [0.717, 1.165) is 40.1 Å². The van der Waals surface area contributed by atoms with Crippen LogP contribution in [0.25, 0.3) is 0 Å². The molecule has 0 fully saturated rings. The Morgan fingerprint density at radius 2 is 2.17 bits per heavy atom. The summed E-state index contributed by atoms with van der Waals surface area (Å²) in [6, 6.07) is 3.70. The normalized spacial score (nSPS) is 22.4. The number of halogens is 1. The fraction of sp³-hybridized carbons (Fsp3) is 0.353. The molecule has 0 aliphatic carbocycles. The zero-order chi connectivity index (χ0) is 17.0. The lowest BCUT2D eigenvalue weighted by Gasteiger charge is -2.28. The van der Waals surface area contributed by atoms with Crippen LogP contribution in [0.1, 0.15) is 38.1 Å². The molecule has 0 spiro atoms. The maximum absolute atomic E-state index is 12.7. The van der Waals surface area contributed by atoms with Crippen molar-refractivity contribution in [3.63, 3.8) is 0 Å². The second-order valence-corrected chi connectivity index (χ2v) is 8.57. The molecule has 1 amide bonds. The number of quaternary nitrogens is 1. The molecule has 5 nitrogen and oxygen atoms in total. The summed E-state index contributed by atoms with van der Waals surface area (Å²) in [6.07, 6.45) is 0.514. The number of likely N-dealkylation sites (N-methyl/N-ethyl adjacent to an activating group) is 1. The molecule has 0 bridgehead atoms. The molecule has 4 N–H and O–H groups in total. The highest BCUT2D eigenvalue weighted by Gasteiger charge is 2.34. The van der Waals surface area contributed by atoms with Gasteiger partial charge in [-0.2, -0.15) is 0 Å². The molecule has 126 valence electrons. The van der Waals surface area contributed by atoms with E-state index in [-0.39, 0.29) is 11.7 Å². The molecule has 4 rings (SSSR count). The molecular formula is C17H19BrN3O2S+. The van der Waals surface area contributed by atoms with Gasteiger partial charge in [-0.05, 0) is 30.2 Å². The highest BCUT2D eigenvalue weighted by Crippen LogP contribution is 2.41. The first-order chi connectivity index (χ1) is 11.4. The lowest BCUT2D eigenvalue weighted by atomic mass is 10.00. The molecule has 2 aromatic rings. The summed E-state index contributed by atoms with van der Waals surface area (Å²) in [4.78, 5) is 15.5. The minimum Gasteiger partial charge on any atom is -0.507 e. The fourth-order valence-corrected chi connectivity index (χ4v) is 5.45. The molecule has 24 heavy (non-hydrogen) atoms. The second kappa shape index (κ2) is 5.75. The SMILES string of the molecule is Cc1cc(Br)cc([C@H]2NC(=O)c3c(sc4c3CC[NH+](C)C4)N2)c1O. The largest absolute Gasteiger partial charge is 0.507 e. The van der Waals surface area contributed by atoms with Gasteiger partial charge in [0, 0.05) is 16.5 Å². The van der Waals surface area contributed by atoms with Crippen LogP contribution in [0.3, 0.4) is 0 Å². The summed E-state index contributed by atoms with van der Waals surface area (Å²) in [7, 11) is 2.18. The number of hydrogen-bond acceptors (Lipinski definition) is 4. The van der Waals surface area contributed by atoms with Crippen molar-refractivity contribution in [1.29, 1.82) is 0 Å². The Kier molecular flexibility index (Phi) is 3.82. The number of anilines is 1. The number of hydrogen-bond donors (Lipinski definition) is 4. The molecule has 2 aliphatic heterocycles. The third-order valence-corrected chi connectivity index (χ3v) is 6.36. The average Bonchev–Trinajstić information content (AvgIpc) is 2.88. The van der Waals surface area contributed by atoms with Crippen molar-refractivity contribution in [2.24, 2.45) is 0 Å². The number of rotatable bonds is 1. The molecular weight excluding hydrogens is 390 g/mol. The third kappa shape index (κ3) is 2.51. The Hall–Kier alpha value is -1.57. The van der Waals surface area contributed by atoms with Crippen LogP contribution in [0, 0.1) is 6.92 Å². The quantitative estimate of drug-likeness (QED) is 0.582. The minimum absolute atomic E-state index is 0.0529. The van der Waals surface area contributed by atoms with Crippen LogP contribution in [0.2, 0.25) is 0 Å². The number of carbonyl (C=O) groups is 1. The topological polar surface area (TPSA) is 65.8 Å². The van der Waals surface area contributed by atoms with Gasteiger partial charge in [-0.1, -0.05) is 15.9 Å². The summed E-state index contributed by atoms with van der Waals surface area (Å²) < 4.78 is 0.880. The number of phenols is 1. The van der Waals surface area contributed by atoms with E-state index in [0.29, 0.717) is 5.56 Å². The summed E-state index contributed by atoms with van der Waals surface area (Å²) in [5.41, 5.74) is 3.44. The van der Waals surface area contributed by atoms with E-state index in [1.165, 1.54) is 15.3 Å². The van der Waals surface area contributed by atoms with Crippen molar-refractivity contribution in [3.05, 3.63) is 43.7 Å². The molecule has 0 saturated carbocycles. The van der Waals surface area contributed by atoms with E-state index in [4.69, 9.17) is 0 Å². The van der Waals surface area contributed by atoms with Gasteiger partial charge in [0.2, 0.25) is 0 Å². The second-order valence-electron chi connectivity index (χ2n) is 6.55. The van der Waals surface area contributed by atoms with Crippen molar-refractivity contribution < 1.29 is 14.8 Å². The Bertz CT molecular complexity index is 849. The van der Waals surface area contributed by atoms with Crippen molar-refractivity contribution in [3.8, 4) is 5.75 Å². The Balaban J connectivity index is 1.74. The highest BCUT2D eigenvalue weighted by molar-refractivity contribution is 9.10. The summed E-state index contributed by atoms with van der Waals surface area (Å²) >= 11 is 5.13. The molecule has 2 atom stereocenters. The van der Waals surface area contributed by atoms with Gasteiger partial charge in [0.1, 0.15) is 23.5 Å². The molecule has 0 saturated heterocycles. The Labute approximate surface area is 152 Å². The van der Waals surface area contributed by atoms with Crippen LogP contribution >= 0.6 is 27.3 Å². The van der Waals surface area contributed by atoms with E-state index < -0.39 is 6.17 Å². The number of carbonyl (C=O) groups excluding carboxylic acids is 1. The van der Waals surface area contributed by atoms with Crippen molar-refractivity contribution in [1.82, 2.24) is 5.32 Å². The zero-order valence-electron chi connectivity index (χ0n) is 13.5. The monoisotopic (exact) mass is 408 g/mol. The van der Waals surface area contributed by atoms with Crippen LogP contribution < -0.4 is 15.5 Å². The van der Waals surface area contributed by atoms with Crippen LogP contribution in [-0.2, 0) is 13.0 Å². The van der Waals surface area contributed by atoms with E-state index >= 15 is 0 Å². The lowest BCUT2D eigenvalue weighted by Crippen LogP contribution is -3.08. The molecule has 1 aromatic heterocycles. The molecule has 3 heterocycles. The fourth-order valence-electron chi connectivity index (χ4n) is 3.47. The number of thiophene rings is 1. The van der Waals surface area contributed by atoms with Gasteiger partial charge < -0.3 is 20.6 Å². The van der Waals surface area contributed by atoms with Crippen LogP contribution in [0.15, 0.2) is 16.6 Å². The zero-order valence-corrected chi connectivity index (χ0v) is 15.9. The average molecular weight is 409 g/mol. The van der Waals surface area contributed by atoms with Crippen LogP contribution in [0.5, 0.6) is 5.75 Å². The van der Waals surface area contributed by atoms with Gasteiger partial charge in [-0.25, -0.2) is 0 Å². The third-order valence-electron chi connectivity index (χ3n) is 4.74. The maximum Gasteiger partial charge on any atom is 0.256 e. The first-order valence-electron chi connectivity index (χ1n) is 7.96. The highest BCUT2D eigenvalue weighted by atomic mass is 79.9. The minimum atomic E-state index is -0.425. The first kappa shape index (κ1) is 15.9. The lowest BCUT2D eigenvalue weighted by molar-refractivity contribution is -0.895. The number of aromatic hydroxyl groups is 1. The predicted octanol–water partition coefficient (Wildman–Crippen LogP) is 1.95. The molecule has 2 aliphatic rings. The van der Waals surface area contributed by atoms with Gasteiger partial charge in [-0.15, -0.1) is 11.3 Å². The molecule has 1 unspecified atom stereocenters. The van der Waals surface area contributed by atoms with Crippen LogP contribution in [0.4, 0.5) is 5.00 Å². The number of benzene rings is 1. The molecule has 1 aromatic carbocycles. The number of fused-ring (bicyclic) bond motifs is 3. The Morgan fingerprint density at radius 3 is 2.96 bits per heavy atom. The van der Waals surface area contributed by atoms with E-state index in [9.17, 15) is 9.90 Å². The summed E-state index contributed by atoms with van der Waals surface area (Å²) in [5.74, 6) is 0.160.